The second kappa shape index (κ2) is 10.8. The van der Waals surface area contributed by atoms with E-state index < -0.39 is 41.6 Å². The number of methoxy groups -OCH3 is 1. The standard InChI is InChI=1S/C26H23F6N5O2/c1-16-10-34-36(12-16)13-17-3-5-18(6-4-17)14-37-15-21(23(35-37)26(30,31)32)24(38)33-11-19-7-8-20(39-2)9-22(19)25(27,28)29/h3-10,12,15H,11,13-14H2,1-2H3,(H,33,38). The molecule has 4 aromatic rings. The van der Waals surface area contributed by atoms with Gasteiger partial charge in [0.1, 0.15) is 5.75 Å². The van der Waals surface area contributed by atoms with Crippen LogP contribution in [-0.2, 0) is 32.0 Å². The molecule has 0 aliphatic heterocycles. The van der Waals surface area contributed by atoms with Gasteiger partial charge in [0.05, 0.1) is 37.5 Å². The van der Waals surface area contributed by atoms with E-state index in [4.69, 9.17) is 4.74 Å². The highest BCUT2D eigenvalue weighted by molar-refractivity contribution is 5.95. The van der Waals surface area contributed by atoms with Crippen molar-refractivity contribution in [2.24, 2.45) is 0 Å². The number of alkyl halides is 6. The van der Waals surface area contributed by atoms with Crippen LogP contribution in [0, 0.1) is 6.92 Å². The molecule has 0 saturated carbocycles. The van der Waals surface area contributed by atoms with Crippen molar-refractivity contribution >= 4 is 5.91 Å². The topological polar surface area (TPSA) is 74.0 Å². The zero-order chi connectivity index (χ0) is 28.4. The third-order valence-corrected chi connectivity index (χ3v) is 5.81. The number of amides is 1. The third-order valence-electron chi connectivity index (χ3n) is 5.81. The smallest absolute Gasteiger partial charge is 0.435 e. The van der Waals surface area contributed by atoms with Gasteiger partial charge in [0.15, 0.2) is 5.69 Å². The van der Waals surface area contributed by atoms with E-state index in [-0.39, 0.29) is 17.9 Å². The minimum absolute atomic E-state index is 0.0532. The summed E-state index contributed by atoms with van der Waals surface area (Å²) in [6, 6.07) is 10.2. The minimum Gasteiger partial charge on any atom is -0.497 e. The van der Waals surface area contributed by atoms with E-state index in [1.165, 1.54) is 13.2 Å². The van der Waals surface area contributed by atoms with Gasteiger partial charge in [-0.15, -0.1) is 0 Å². The molecule has 1 N–H and O–H groups in total. The van der Waals surface area contributed by atoms with E-state index in [1.807, 2.05) is 13.1 Å². The number of nitrogens with one attached hydrogen (secondary N) is 1. The minimum atomic E-state index is -4.96. The second-order valence-corrected chi connectivity index (χ2v) is 8.82. The summed E-state index contributed by atoms with van der Waals surface area (Å²) in [5, 5.41) is 9.90. The number of hydrogen-bond acceptors (Lipinski definition) is 4. The molecular weight excluding hydrogens is 528 g/mol. The maximum absolute atomic E-state index is 13.7. The number of rotatable bonds is 8. The normalized spacial score (nSPS) is 12.0. The third kappa shape index (κ3) is 6.78. The van der Waals surface area contributed by atoms with Gasteiger partial charge in [-0.25, -0.2) is 0 Å². The fourth-order valence-electron chi connectivity index (χ4n) is 3.93. The maximum Gasteiger partial charge on any atom is 0.435 e. The molecule has 0 atom stereocenters. The molecule has 0 aliphatic carbocycles. The fraction of sp³-hybridized carbons (Fsp3) is 0.269. The summed E-state index contributed by atoms with van der Waals surface area (Å²) in [4.78, 5) is 12.7. The Bertz CT molecular complexity index is 1450. The molecule has 39 heavy (non-hydrogen) atoms. The lowest BCUT2D eigenvalue weighted by atomic mass is 10.1. The van der Waals surface area contributed by atoms with Crippen molar-refractivity contribution in [2.75, 3.05) is 7.11 Å². The molecule has 0 unspecified atom stereocenters. The van der Waals surface area contributed by atoms with Gasteiger partial charge in [-0.2, -0.15) is 36.5 Å². The average Bonchev–Trinajstić information content (AvgIpc) is 3.49. The Morgan fingerprint density at radius 2 is 1.56 bits per heavy atom. The highest BCUT2D eigenvalue weighted by atomic mass is 19.4. The zero-order valence-corrected chi connectivity index (χ0v) is 20.8. The van der Waals surface area contributed by atoms with Gasteiger partial charge in [-0.3, -0.25) is 14.2 Å². The van der Waals surface area contributed by atoms with Crippen LogP contribution in [0.3, 0.4) is 0 Å². The van der Waals surface area contributed by atoms with Crippen LogP contribution in [0.5, 0.6) is 5.75 Å². The van der Waals surface area contributed by atoms with E-state index in [0.717, 1.165) is 34.1 Å². The average molecular weight is 551 g/mol. The van der Waals surface area contributed by atoms with Gasteiger partial charge >= 0.3 is 12.4 Å². The first-order chi connectivity index (χ1) is 18.3. The largest absolute Gasteiger partial charge is 0.497 e. The van der Waals surface area contributed by atoms with Crippen molar-refractivity contribution in [3.8, 4) is 5.75 Å². The lowest BCUT2D eigenvalue weighted by Crippen LogP contribution is -2.26. The summed E-state index contributed by atoms with van der Waals surface area (Å²) in [6.45, 7) is 1.72. The summed E-state index contributed by atoms with van der Waals surface area (Å²) in [6.07, 6.45) is -5.19. The van der Waals surface area contributed by atoms with Crippen LogP contribution in [0.1, 0.15) is 43.9 Å². The first-order valence-corrected chi connectivity index (χ1v) is 11.6. The van der Waals surface area contributed by atoms with E-state index in [1.54, 1.807) is 35.1 Å². The van der Waals surface area contributed by atoms with Crippen molar-refractivity contribution in [1.82, 2.24) is 24.9 Å². The Labute approximate surface area is 219 Å². The van der Waals surface area contributed by atoms with E-state index in [2.05, 4.69) is 15.5 Å². The van der Waals surface area contributed by atoms with Gasteiger partial charge in [-0.05, 0) is 41.3 Å². The van der Waals surface area contributed by atoms with E-state index in [9.17, 15) is 31.1 Å². The molecule has 0 radical (unpaired) electrons. The second-order valence-electron chi connectivity index (χ2n) is 8.82. The molecule has 206 valence electrons. The van der Waals surface area contributed by atoms with Crippen LogP contribution in [-0.4, -0.2) is 32.6 Å². The fourth-order valence-corrected chi connectivity index (χ4v) is 3.93. The van der Waals surface area contributed by atoms with E-state index in [0.29, 0.717) is 12.1 Å². The van der Waals surface area contributed by atoms with Crippen LogP contribution in [0.4, 0.5) is 26.3 Å². The number of carbonyl (C=O) groups is 1. The lowest BCUT2D eigenvalue weighted by molar-refractivity contribution is -0.141. The van der Waals surface area contributed by atoms with Crippen molar-refractivity contribution in [1.29, 1.82) is 0 Å². The zero-order valence-electron chi connectivity index (χ0n) is 20.8. The molecular formula is C26H23F6N5O2. The number of carbonyl (C=O) groups excluding carboxylic acids is 1. The first-order valence-electron chi connectivity index (χ1n) is 11.6. The monoisotopic (exact) mass is 551 g/mol. The molecule has 0 bridgehead atoms. The lowest BCUT2D eigenvalue weighted by Gasteiger charge is -2.15. The molecule has 2 heterocycles. The summed E-state index contributed by atoms with van der Waals surface area (Å²) in [5.41, 5.74) is -1.06. The number of benzene rings is 2. The molecule has 0 spiro atoms. The molecule has 0 aliphatic rings. The summed E-state index contributed by atoms with van der Waals surface area (Å²) < 4.78 is 88.9. The van der Waals surface area contributed by atoms with Gasteiger partial charge in [0, 0.05) is 18.9 Å². The summed E-state index contributed by atoms with van der Waals surface area (Å²) in [7, 11) is 1.20. The van der Waals surface area contributed by atoms with Crippen LogP contribution >= 0.6 is 0 Å². The number of hydrogen-bond donors (Lipinski definition) is 1. The molecule has 2 aromatic heterocycles. The Balaban J connectivity index is 1.50. The Hall–Kier alpha value is -4.29. The first kappa shape index (κ1) is 27.7. The number of aromatic nitrogens is 4. The van der Waals surface area contributed by atoms with Gasteiger partial charge in [-0.1, -0.05) is 30.3 Å². The molecule has 2 aromatic carbocycles. The van der Waals surface area contributed by atoms with Gasteiger partial charge in [0.2, 0.25) is 0 Å². The van der Waals surface area contributed by atoms with Gasteiger partial charge in [0.25, 0.3) is 5.91 Å². The molecule has 7 nitrogen and oxygen atoms in total. The van der Waals surface area contributed by atoms with Crippen molar-refractivity contribution in [3.63, 3.8) is 0 Å². The van der Waals surface area contributed by atoms with Crippen molar-refractivity contribution in [3.05, 3.63) is 100 Å². The number of nitrogens with zero attached hydrogens (tertiary/aromatic N) is 4. The van der Waals surface area contributed by atoms with Crippen molar-refractivity contribution in [2.45, 2.75) is 38.9 Å². The van der Waals surface area contributed by atoms with Crippen LogP contribution in [0.15, 0.2) is 61.1 Å². The van der Waals surface area contributed by atoms with Crippen LogP contribution in [0.2, 0.25) is 0 Å². The molecule has 1 amide bonds. The maximum atomic E-state index is 13.7. The quantitative estimate of drug-likeness (QED) is 0.295. The highest BCUT2D eigenvalue weighted by Crippen LogP contribution is 2.35. The highest BCUT2D eigenvalue weighted by Gasteiger charge is 2.39. The van der Waals surface area contributed by atoms with Crippen LogP contribution < -0.4 is 10.1 Å². The predicted molar refractivity (Wildman–Crippen MR) is 128 cm³/mol. The van der Waals surface area contributed by atoms with Crippen LogP contribution in [0.25, 0.3) is 0 Å². The number of ether oxygens (including phenoxy) is 1. The Morgan fingerprint density at radius 1 is 0.923 bits per heavy atom. The predicted octanol–water partition coefficient (Wildman–Crippen LogP) is 5.46. The van der Waals surface area contributed by atoms with E-state index >= 15 is 0 Å². The number of aryl methyl sites for hydroxylation is 1. The summed E-state index contributed by atoms with van der Waals surface area (Å²) >= 11 is 0. The molecule has 13 heteroatoms. The Morgan fingerprint density at radius 3 is 2.10 bits per heavy atom. The van der Waals surface area contributed by atoms with Gasteiger partial charge < -0.3 is 10.1 Å². The summed E-state index contributed by atoms with van der Waals surface area (Å²) in [5.74, 6) is -1.26. The molecule has 0 saturated heterocycles. The SMILES string of the molecule is COc1ccc(CNC(=O)c2cn(Cc3ccc(Cn4cc(C)cn4)cc3)nc2C(F)(F)F)c(C(F)(F)F)c1. The molecule has 4 rings (SSSR count). The number of halogens is 6. The Kier molecular flexibility index (Phi) is 7.70. The van der Waals surface area contributed by atoms with Crippen molar-refractivity contribution < 1.29 is 35.9 Å². The molecule has 0 fully saturated rings.